The first-order valence-corrected chi connectivity index (χ1v) is 8.05. The molecule has 1 aromatic rings. The summed E-state index contributed by atoms with van der Waals surface area (Å²) in [6.45, 7) is 2.94. The molecule has 2 heterocycles. The zero-order valence-electron chi connectivity index (χ0n) is 9.82. The number of thioether (sulfide) groups is 1. The summed E-state index contributed by atoms with van der Waals surface area (Å²) < 4.78 is 0. The topological polar surface area (TPSA) is 38.9 Å². The summed E-state index contributed by atoms with van der Waals surface area (Å²) in [5.41, 5.74) is 7.05. The molecule has 0 radical (unpaired) electrons. The Bertz CT molecular complexity index is 319. The summed E-state index contributed by atoms with van der Waals surface area (Å²) in [5, 5.41) is 4.22. The predicted octanol–water partition coefficient (Wildman–Crippen LogP) is 3.55. The number of hydrogen-bond acceptors (Lipinski definition) is 4. The van der Waals surface area contributed by atoms with E-state index >= 15 is 0 Å². The van der Waals surface area contributed by atoms with Gasteiger partial charge in [0.25, 0.3) is 0 Å². The van der Waals surface area contributed by atoms with Gasteiger partial charge in [-0.25, -0.2) is 4.98 Å². The second-order valence-electron chi connectivity index (χ2n) is 4.33. The third-order valence-corrected chi connectivity index (χ3v) is 5.60. The van der Waals surface area contributed by atoms with Crippen LogP contribution >= 0.6 is 23.1 Å². The van der Waals surface area contributed by atoms with Gasteiger partial charge in [0.05, 0.1) is 10.9 Å². The first kappa shape index (κ1) is 12.4. The van der Waals surface area contributed by atoms with E-state index in [2.05, 4.69) is 24.1 Å². The minimum atomic E-state index is 0.474. The first-order chi connectivity index (χ1) is 7.85. The standard InChI is InChI=1S/C12H20N2S2/c1-2-4-9(7-13)10-8-16-12(14-10)11-5-3-6-15-11/h8-9,11H,2-7,13H2,1H3. The molecule has 0 bridgehead atoms. The second-order valence-corrected chi connectivity index (χ2v) is 6.53. The summed E-state index contributed by atoms with van der Waals surface area (Å²) in [6, 6.07) is 0. The van der Waals surface area contributed by atoms with Gasteiger partial charge in [-0.15, -0.1) is 11.3 Å². The summed E-state index contributed by atoms with van der Waals surface area (Å²) in [5.74, 6) is 1.77. The molecule has 2 atom stereocenters. The predicted molar refractivity (Wildman–Crippen MR) is 73.3 cm³/mol. The molecule has 0 amide bonds. The summed E-state index contributed by atoms with van der Waals surface area (Å²) in [4.78, 5) is 4.80. The molecule has 1 aliphatic heterocycles. The van der Waals surface area contributed by atoms with Gasteiger partial charge in [-0.3, -0.25) is 0 Å². The fourth-order valence-corrected chi connectivity index (χ4v) is 4.58. The molecule has 0 aromatic carbocycles. The van der Waals surface area contributed by atoms with Crippen LogP contribution in [0.5, 0.6) is 0 Å². The Balaban J connectivity index is 2.05. The Morgan fingerprint density at radius 1 is 1.62 bits per heavy atom. The second kappa shape index (κ2) is 6.03. The molecule has 1 saturated heterocycles. The van der Waals surface area contributed by atoms with Gasteiger partial charge in [-0.1, -0.05) is 13.3 Å². The molecule has 1 aromatic heterocycles. The van der Waals surface area contributed by atoms with Crippen molar-refractivity contribution in [3.8, 4) is 0 Å². The van der Waals surface area contributed by atoms with E-state index in [4.69, 9.17) is 10.7 Å². The Hall–Kier alpha value is -0.0600. The molecule has 2 N–H and O–H groups in total. The van der Waals surface area contributed by atoms with Crippen molar-refractivity contribution in [3.63, 3.8) is 0 Å². The van der Waals surface area contributed by atoms with E-state index in [1.54, 1.807) is 0 Å². The Labute approximate surface area is 106 Å². The summed E-state index contributed by atoms with van der Waals surface area (Å²) in [6.07, 6.45) is 5.00. The van der Waals surface area contributed by atoms with Gasteiger partial charge in [0.2, 0.25) is 0 Å². The van der Waals surface area contributed by atoms with Crippen molar-refractivity contribution >= 4 is 23.1 Å². The van der Waals surface area contributed by atoms with Gasteiger partial charge >= 0.3 is 0 Å². The lowest BCUT2D eigenvalue weighted by Gasteiger charge is -2.10. The van der Waals surface area contributed by atoms with E-state index < -0.39 is 0 Å². The maximum absolute atomic E-state index is 5.81. The molecular weight excluding hydrogens is 236 g/mol. The first-order valence-electron chi connectivity index (χ1n) is 6.12. The van der Waals surface area contributed by atoms with Gasteiger partial charge in [0.15, 0.2) is 0 Å². The van der Waals surface area contributed by atoms with E-state index in [0.717, 1.165) is 13.0 Å². The fraction of sp³-hybridized carbons (Fsp3) is 0.750. The molecule has 0 aliphatic carbocycles. The molecule has 2 rings (SSSR count). The van der Waals surface area contributed by atoms with Crippen LogP contribution in [0.1, 0.15) is 54.5 Å². The van der Waals surface area contributed by atoms with E-state index in [-0.39, 0.29) is 0 Å². The van der Waals surface area contributed by atoms with Gasteiger partial charge in [-0.2, -0.15) is 11.8 Å². The molecule has 90 valence electrons. The number of nitrogens with two attached hydrogens (primary N) is 1. The van der Waals surface area contributed by atoms with Crippen LogP contribution < -0.4 is 5.73 Å². The summed E-state index contributed by atoms with van der Waals surface area (Å²) in [7, 11) is 0. The minimum absolute atomic E-state index is 0.474. The smallest absolute Gasteiger partial charge is 0.106 e. The highest BCUT2D eigenvalue weighted by atomic mass is 32.2. The molecular formula is C12H20N2S2. The number of rotatable bonds is 5. The van der Waals surface area contributed by atoms with Crippen molar-refractivity contribution < 1.29 is 0 Å². The van der Waals surface area contributed by atoms with Crippen molar-refractivity contribution in [2.75, 3.05) is 12.3 Å². The molecule has 2 nitrogen and oxygen atoms in total. The fourth-order valence-electron chi connectivity index (χ4n) is 2.14. The minimum Gasteiger partial charge on any atom is -0.330 e. The number of hydrogen-bond donors (Lipinski definition) is 1. The molecule has 2 unspecified atom stereocenters. The van der Waals surface area contributed by atoms with Crippen molar-refractivity contribution in [3.05, 3.63) is 16.1 Å². The lowest BCUT2D eigenvalue weighted by Crippen LogP contribution is -2.12. The van der Waals surface area contributed by atoms with Crippen molar-refractivity contribution in [1.82, 2.24) is 4.98 Å². The SMILES string of the molecule is CCCC(CN)c1csc(C2CCCS2)n1. The van der Waals surface area contributed by atoms with Crippen LogP contribution in [0.3, 0.4) is 0 Å². The normalized spacial score (nSPS) is 22.5. The molecule has 1 aliphatic rings. The zero-order chi connectivity index (χ0) is 11.4. The average Bonchev–Trinajstić information content (AvgIpc) is 2.95. The van der Waals surface area contributed by atoms with Crippen LogP contribution in [-0.2, 0) is 0 Å². The molecule has 16 heavy (non-hydrogen) atoms. The zero-order valence-corrected chi connectivity index (χ0v) is 11.4. The maximum Gasteiger partial charge on any atom is 0.106 e. The molecule has 0 spiro atoms. The summed E-state index contributed by atoms with van der Waals surface area (Å²) >= 11 is 3.89. The third kappa shape index (κ3) is 2.79. The van der Waals surface area contributed by atoms with Crippen LogP contribution in [0, 0.1) is 0 Å². The van der Waals surface area contributed by atoms with Crippen LogP contribution in [0.25, 0.3) is 0 Å². The number of thiazole rings is 1. The van der Waals surface area contributed by atoms with Gasteiger partial charge < -0.3 is 5.73 Å². The highest BCUT2D eigenvalue weighted by Crippen LogP contribution is 2.41. The molecule has 1 fully saturated rings. The third-order valence-electron chi connectivity index (χ3n) is 3.08. The quantitative estimate of drug-likeness (QED) is 0.875. The van der Waals surface area contributed by atoms with Crippen LogP contribution in [0.2, 0.25) is 0 Å². The van der Waals surface area contributed by atoms with E-state index in [1.807, 2.05) is 11.3 Å². The van der Waals surface area contributed by atoms with Crippen LogP contribution in [0.15, 0.2) is 5.38 Å². The lowest BCUT2D eigenvalue weighted by molar-refractivity contribution is 0.607. The lowest BCUT2D eigenvalue weighted by atomic mass is 10.0. The number of nitrogens with zero attached hydrogens (tertiary/aromatic N) is 1. The van der Waals surface area contributed by atoms with Crippen molar-refractivity contribution in [2.45, 2.75) is 43.8 Å². The highest BCUT2D eigenvalue weighted by molar-refractivity contribution is 7.99. The monoisotopic (exact) mass is 256 g/mol. The average molecular weight is 256 g/mol. The Morgan fingerprint density at radius 2 is 2.50 bits per heavy atom. The van der Waals surface area contributed by atoms with Crippen LogP contribution in [-0.4, -0.2) is 17.3 Å². The molecule has 0 saturated carbocycles. The number of aromatic nitrogens is 1. The van der Waals surface area contributed by atoms with E-state index in [1.165, 1.54) is 35.7 Å². The highest BCUT2D eigenvalue weighted by Gasteiger charge is 2.22. The van der Waals surface area contributed by atoms with E-state index in [0.29, 0.717) is 11.2 Å². The van der Waals surface area contributed by atoms with Crippen LogP contribution in [0.4, 0.5) is 0 Å². The maximum atomic E-state index is 5.81. The van der Waals surface area contributed by atoms with E-state index in [9.17, 15) is 0 Å². The van der Waals surface area contributed by atoms with Crippen molar-refractivity contribution in [2.24, 2.45) is 5.73 Å². The van der Waals surface area contributed by atoms with Crippen molar-refractivity contribution in [1.29, 1.82) is 0 Å². The largest absolute Gasteiger partial charge is 0.330 e. The van der Waals surface area contributed by atoms with Gasteiger partial charge in [-0.05, 0) is 25.0 Å². The van der Waals surface area contributed by atoms with Gasteiger partial charge in [0, 0.05) is 17.8 Å². The molecule has 4 heteroatoms. The van der Waals surface area contributed by atoms with Gasteiger partial charge in [0.1, 0.15) is 5.01 Å². The Kier molecular flexibility index (Phi) is 4.67. The Morgan fingerprint density at radius 3 is 3.12 bits per heavy atom.